The van der Waals surface area contributed by atoms with E-state index in [1.807, 2.05) is 20.8 Å². The quantitative estimate of drug-likeness (QED) is 0.319. The van der Waals surface area contributed by atoms with Crippen LogP contribution in [-0.4, -0.2) is 23.3 Å². The number of hydrogen-bond acceptors (Lipinski definition) is 6. The molecule has 1 N–H and O–H groups in total. The lowest BCUT2D eigenvalue weighted by Gasteiger charge is -2.39. The van der Waals surface area contributed by atoms with Crippen molar-refractivity contribution in [2.24, 2.45) is 5.41 Å². The zero-order chi connectivity index (χ0) is 22.1. The number of nitro groups is 1. The van der Waals surface area contributed by atoms with Crippen molar-refractivity contribution in [2.45, 2.75) is 59.3 Å². The highest BCUT2D eigenvalue weighted by molar-refractivity contribution is 6.04. The molecule has 0 saturated carbocycles. The normalized spacial score (nSPS) is 20.5. The molecule has 0 bridgehead atoms. The minimum absolute atomic E-state index is 0.0448. The Bertz CT molecular complexity index is 958. The van der Waals surface area contributed by atoms with Crippen molar-refractivity contribution < 1.29 is 19.2 Å². The van der Waals surface area contributed by atoms with Crippen LogP contribution in [0.15, 0.2) is 46.8 Å². The minimum Gasteiger partial charge on any atom is -0.462 e. The number of non-ortho nitro benzene ring substituents is 1. The highest BCUT2D eigenvalue weighted by Crippen LogP contribution is 2.47. The first-order chi connectivity index (χ1) is 14.1. The van der Waals surface area contributed by atoms with E-state index in [9.17, 15) is 19.7 Å². The lowest BCUT2D eigenvalue weighted by molar-refractivity contribution is -0.384. The van der Waals surface area contributed by atoms with E-state index in [0.29, 0.717) is 41.9 Å². The number of benzene rings is 1. The predicted molar refractivity (Wildman–Crippen MR) is 113 cm³/mol. The molecule has 0 radical (unpaired) electrons. The number of ether oxygens (including phenoxy) is 1. The summed E-state index contributed by atoms with van der Waals surface area (Å²) in [5.74, 6) is -1.22. The molecule has 0 spiro atoms. The standard InChI is InChI=1S/C23H28N2O5/c1-5-6-10-30-22(27)19-14(2)24-17-12-23(3,4)13-18(26)21(17)20(19)15-8-7-9-16(11-15)25(28)29/h7-9,11,20,24H,5-6,10,12-13H2,1-4H3/t20-/m0/s1. The largest absolute Gasteiger partial charge is 0.462 e. The minimum atomic E-state index is -0.682. The van der Waals surface area contributed by atoms with Crippen molar-refractivity contribution in [2.75, 3.05) is 6.61 Å². The third kappa shape index (κ3) is 4.30. The first-order valence-electron chi connectivity index (χ1n) is 10.3. The van der Waals surface area contributed by atoms with Gasteiger partial charge in [0.05, 0.1) is 17.1 Å². The molecule has 1 atom stereocenters. The molecule has 30 heavy (non-hydrogen) atoms. The molecule has 3 rings (SSSR count). The molecule has 7 nitrogen and oxygen atoms in total. The molecule has 2 aliphatic rings. The number of carbonyl (C=O) groups is 2. The van der Waals surface area contributed by atoms with E-state index in [2.05, 4.69) is 5.32 Å². The Labute approximate surface area is 176 Å². The molecule has 1 aliphatic carbocycles. The van der Waals surface area contributed by atoms with Gasteiger partial charge in [-0.2, -0.15) is 0 Å². The number of nitrogens with one attached hydrogen (secondary N) is 1. The van der Waals surface area contributed by atoms with Gasteiger partial charge in [0.1, 0.15) is 0 Å². The van der Waals surface area contributed by atoms with Gasteiger partial charge in [0, 0.05) is 41.4 Å². The SMILES string of the molecule is CCCCOC(=O)C1=C(C)NC2=C(C(=O)CC(C)(C)C2)[C@H]1c1cccc([N+](=O)[O-])c1. The van der Waals surface area contributed by atoms with Gasteiger partial charge in [0.2, 0.25) is 0 Å². The van der Waals surface area contributed by atoms with Crippen LogP contribution in [0.5, 0.6) is 0 Å². The van der Waals surface area contributed by atoms with Crippen molar-refractivity contribution >= 4 is 17.4 Å². The van der Waals surface area contributed by atoms with E-state index in [1.165, 1.54) is 12.1 Å². The molecule has 160 valence electrons. The van der Waals surface area contributed by atoms with Gasteiger partial charge < -0.3 is 10.1 Å². The summed E-state index contributed by atoms with van der Waals surface area (Å²) in [7, 11) is 0. The summed E-state index contributed by atoms with van der Waals surface area (Å²) in [5.41, 5.74) is 2.55. The average Bonchev–Trinajstić information content (AvgIpc) is 2.66. The number of allylic oxidation sites excluding steroid dienone is 3. The number of carbonyl (C=O) groups excluding carboxylic acids is 2. The Morgan fingerprint density at radius 2 is 2.07 bits per heavy atom. The highest BCUT2D eigenvalue weighted by Gasteiger charge is 2.43. The van der Waals surface area contributed by atoms with Crippen LogP contribution in [0, 0.1) is 15.5 Å². The zero-order valence-corrected chi connectivity index (χ0v) is 17.9. The van der Waals surface area contributed by atoms with Crippen molar-refractivity contribution in [3.8, 4) is 0 Å². The number of unbranched alkanes of at least 4 members (excludes halogenated alkanes) is 1. The number of hydrogen-bond donors (Lipinski definition) is 1. The van der Waals surface area contributed by atoms with Gasteiger partial charge in [0.25, 0.3) is 5.69 Å². The molecule has 7 heteroatoms. The Hall–Kier alpha value is -2.96. The highest BCUT2D eigenvalue weighted by atomic mass is 16.6. The third-order valence-corrected chi connectivity index (χ3v) is 5.61. The fraction of sp³-hybridized carbons (Fsp3) is 0.478. The molecule has 0 aromatic heterocycles. The summed E-state index contributed by atoms with van der Waals surface area (Å²) in [4.78, 5) is 37.0. The van der Waals surface area contributed by atoms with Crippen molar-refractivity contribution in [1.29, 1.82) is 0 Å². The second-order valence-electron chi connectivity index (χ2n) is 8.77. The van der Waals surface area contributed by atoms with Crippen LogP contribution >= 0.6 is 0 Å². The average molecular weight is 412 g/mol. The van der Waals surface area contributed by atoms with Crippen LogP contribution in [0.25, 0.3) is 0 Å². The maximum absolute atomic E-state index is 13.2. The number of ketones is 1. The summed E-state index contributed by atoms with van der Waals surface area (Å²) in [5, 5.41) is 14.6. The van der Waals surface area contributed by atoms with Gasteiger partial charge in [-0.15, -0.1) is 0 Å². The number of Topliss-reactive ketones (excluding diaryl/α,β-unsaturated/α-hetero) is 1. The summed E-state index contributed by atoms with van der Waals surface area (Å²) in [6.45, 7) is 8.15. The van der Waals surface area contributed by atoms with Gasteiger partial charge in [-0.05, 0) is 30.7 Å². The monoisotopic (exact) mass is 412 g/mol. The van der Waals surface area contributed by atoms with E-state index in [1.54, 1.807) is 19.1 Å². The number of dihydropyridines is 1. The first-order valence-corrected chi connectivity index (χ1v) is 10.3. The van der Waals surface area contributed by atoms with Crippen LogP contribution in [-0.2, 0) is 14.3 Å². The smallest absolute Gasteiger partial charge is 0.336 e. The second kappa shape index (κ2) is 8.42. The topological polar surface area (TPSA) is 98.5 Å². The summed E-state index contributed by atoms with van der Waals surface area (Å²) in [6, 6.07) is 6.16. The summed E-state index contributed by atoms with van der Waals surface area (Å²) in [6.07, 6.45) is 2.65. The Balaban J connectivity index is 2.13. The number of nitro benzene ring substituents is 1. The first kappa shape index (κ1) is 21.7. The van der Waals surface area contributed by atoms with Gasteiger partial charge in [-0.1, -0.05) is 39.3 Å². The summed E-state index contributed by atoms with van der Waals surface area (Å²) >= 11 is 0. The summed E-state index contributed by atoms with van der Waals surface area (Å²) < 4.78 is 5.47. The van der Waals surface area contributed by atoms with Crippen molar-refractivity contribution in [3.05, 3.63) is 62.5 Å². The lowest BCUT2D eigenvalue weighted by Crippen LogP contribution is -2.38. The molecule has 0 amide bonds. The zero-order valence-electron chi connectivity index (χ0n) is 17.9. The fourth-order valence-electron chi connectivity index (χ4n) is 4.24. The lowest BCUT2D eigenvalue weighted by atomic mass is 9.68. The number of nitrogens with zero attached hydrogens (tertiary/aromatic N) is 1. The van der Waals surface area contributed by atoms with Gasteiger partial charge in [-0.25, -0.2) is 4.79 Å². The molecule has 1 aromatic carbocycles. The van der Waals surface area contributed by atoms with E-state index in [-0.39, 0.29) is 16.9 Å². The van der Waals surface area contributed by atoms with Crippen LogP contribution in [0.3, 0.4) is 0 Å². The molecule has 0 saturated heterocycles. The van der Waals surface area contributed by atoms with E-state index >= 15 is 0 Å². The molecular weight excluding hydrogens is 384 g/mol. The number of rotatable bonds is 6. The fourth-order valence-corrected chi connectivity index (χ4v) is 4.24. The van der Waals surface area contributed by atoms with Gasteiger partial charge >= 0.3 is 5.97 Å². The van der Waals surface area contributed by atoms with E-state index in [0.717, 1.165) is 18.5 Å². The third-order valence-electron chi connectivity index (χ3n) is 5.61. The van der Waals surface area contributed by atoms with Crippen LogP contribution in [0.2, 0.25) is 0 Å². The van der Waals surface area contributed by atoms with Crippen molar-refractivity contribution in [3.63, 3.8) is 0 Å². The maximum Gasteiger partial charge on any atom is 0.336 e. The van der Waals surface area contributed by atoms with E-state index in [4.69, 9.17) is 4.74 Å². The van der Waals surface area contributed by atoms with Gasteiger partial charge in [0.15, 0.2) is 5.78 Å². The molecule has 1 heterocycles. The molecule has 0 fully saturated rings. The van der Waals surface area contributed by atoms with Gasteiger partial charge in [-0.3, -0.25) is 14.9 Å². The number of esters is 1. The second-order valence-corrected chi connectivity index (χ2v) is 8.77. The van der Waals surface area contributed by atoms with Crippen LogP contribution < -0.4 is 5.32 Å². The Morgan fingerprint density at radius 1 is 1.33 bits per heavy atom. The predicted octanol–water partition coefficient (Wildman–Crippen LogP) is 4.54. The van der Waals surface area contributed by atoms with E-state index < -0.39 is 16.8 Å². The molecule has 1 aliphatic heterocycles. The molecule has 0 unspecified atom stereocenters. The van der Waals surface area contributed by atoms with Crippen LogP contribution in [0.1, 0.15) is 64.9 Å². The van der Waals surface area contributed by atoms with Crippen molar-refractivity contribution in [1.82, 2.24) is 5.32 Å². The Morgan fingerprint density at radius 3 is 2.73 bits per heavy atom. The molecule has 1 aromatic rings. The Kier molecular flexibility index (Phi) is 6.10. The maximum atomic E-state index is 13.2. The van der Waals surface area contributed by atoms with Crippen LogP contribution in [0.4, 0.5) is 5.69 Å². The molecular formula is C23H28N2O5.